The van der Waals surface area contributed by atoms with Gasteiger partial charge in [0.25, 0.3) is 0 Å². The molecule has 2 aliphatic heterocycles. The second-order valence-electron chi connectivity index (χ2n) is 6.64. The fourth-order valence-electron chi connectivity index (χ4n) is 3.25. The molecular formula is C18H20N2O4. The Morgan fingerprint density at radius 1 is 1.25 bits per heavy atom. The fraction of sp³-hybridized carbons (Fsp3) is 0.389. The second-order valence-corrected chi connectivity index (χ2v) is 6.64. The summed E-state index contributed by atoms with van der Waals surface area (Å²) < 4.78 is 1.86. The first-order valence-electron chi connectivity index (χ1n) is 8.03. The third kappa shape index (κ3) is 2.79. The summed E-state index contributed by atoms with van der Waals surface area (Å²) in [6.07, 6.45) is 1.93. The van der Waals surface area contributed by atoms with Crippen LogP contribution < -0.4 is 5.32 Å². The zero-order valence-corrected chi connectivity index (χ0v) is 13.7. The Labute approximate surface area is 139 Å². The number of Topliss-reactive ketones (excluding diaryl/α,β-unsaturated/α-hetero) is 1. The van der Waals surface area contributed by atoms with Crippen molar-refractivity contribution in [3.8, 4) is 0 Å². The lowest BCUT2D eigenvalue weighted by molar-refractivity contribution is -0.143. The largest absolute Gasteiger partial charge is 0.480 e. The third-order valence-corrected chi connectivity index (χ3v) is 4.32. The van der Waals surface area contributed by atoms with Crippen LogP contribution >= 0.6 is 0 Å². The normalized spacial score (nSPS) is 16.7. The minimum atomic E-state index is -1.08. The highest BCUT2D eigenvalue weighted by atomic mass is 16.4. The molecule has 0 aliphatic carbocycles. The number of carbonyl (C=O) groups is 3. The summed E-state index contributed by atoms with van der Waals surface area (Å²) in [5.41, 5.74) is 1.91. The number of benzene rings is 1. The summed E-state index contributed by atoms with van der Waals surface area (Å²) in [7, 11) is 0. The minimum Gasteiger partial charge on any atom is -0.480 e. The van der Waals surface area contributed by atoms with Crippen molar-refractivity contribution < 1.29 is 19.5 Å². The molecule has 0 radical (unpaired) electrons. The number of carboxylic acid groups (broad SMARTS) is 1. The van der Waals surface area contributed by atoms with Gasteiger partial charge in [-0.15, -0.1) is 0 Å². The highest BCUT2D eigenvalue weighted by molar-refractivity contribution is 6.06. The van der Waals surface area contributed by atoms with Gasteiger partial charge in [0, 0.05) is 22.7 Å². The maximum absolute atomic E-state index is 12.4. The lowest BCUT2D eigenvalue weighted by Crippen LogP contribution is -2.43. The van der Waals surface area contributed by atoms with E-state index in [1.54, 1.807) is 0 Å². The number of carboxylic acids is 1. The summed E-state index contributed by atoms with van der Waals surface area (Å²) in [4.78, 5) is 35.7. The van der Waals surface area contributed by atoms with E-state index in [1.165, 1.54) is 0 Å². The number of hydrogen-bond acceptors (Lipinski definition) is 3. The van der Waals surface area contributed by atoms with Crippen LogP contribution in [0, 0.1) is 5.92 Å². The van der Waals surface area contributed by atoms with Crippen LogP contribution in [0.1, 0.15) is 38.3 Å². The predicted octanol–water partition coefficient (Wildman–Crippen LogP) is 2.12. The number of nitrogens with one attached hydrogen (secondary N) is 1. The molecule has 0 spiro atoms. The topological polar surface area (TPSA) is 88.4 Å². The summed E-state index contributed by atoms with van der Waals surface area (Å²) in [5.74, 6) is -1.69. The molecule has 1 aromatic heterocycles. The van der Waals surface area contributed by atoms with Gasteiger partial charge in [-0.3, -0.25) is 9.59 Å². The zero-order chi connectivity index (χ0) is 17.4. The monoisotopic (exact) mass is 328 g/mol. The molecule has 126 valence electrons. The Morgan fingerprint density at radius 2 is 1.96 bits per heavy atom. The van der Waals surface area contributed by atoms with E-state index in [4.69, 9.17) is 5.11 Å². The number of hydrogen-bond donors (Lipinski definition) is 2. The van der Waals surface area contributed by atoms with Crippen molar-refractivity contribution in [1.29, 1.82) is 0 Å². The van der Waals surface area contributed by atoms with Gasteiger partial charge in [-0.1, -0.05) is 32.0 Å². The Hall–Kier alpha value is -2.63. The number of nitrogens with zero attached hydrogens (tertiary/aromatic N) is 1. The fourth-order valence-corrected chi connectivity index (χ4v) is 3.25. The van der Waals surface area contributed by atoms with Crippen LogP contribution in [-0.4, -0.2) is 33.4 Å². The van der Waals surface area contributed by atoms with E-state index in [9.17, 15) is 14.4 Å². The van der Waals surface area contributed by atoms with E-state index in [0.29, 0.717) is 6.42 Å². The van der Waals surface area contributed by atoms with E-state index < -0.39 is 24.0 Å². The van der Waals surface area contributed by atoms with Crippen molar-refractivity contribution in [3.63, 3.8) is 0 Å². The molecule has 0 saturated carbocycles. The number of aliphatic carboxylic acids is 1. The average molecular weight is 328 g/mol. The minimum absolute atomic E-state index is 0.135. The van der Waals surface area contributed by atoms with Gasteiger partial charge in [-0.25, -0.2) is 4.79 Å². The van der Waals surface area contributed by atoms with Crippen LogP contribution in [-0.2, 0) is 14.4 Å². The molecule has 2 atom stereocenters. The van der Waals surface area contributed by atoms with Crippen molar-refractivity contribution in [2.45, 2.75) is 38.8 Å². The van der Waals surface area contributed by atoms with Crippen LogP contribution in [0.5, 0.6) is 0 Å². The number of aromatic nitrogens is 1. The van der Waals surface area contributed by atoms with E-state index in [0.717, 1.165) is 16.5 Å². The molecule has 6 heteroatoms. The molecule has 2 bridgehead atoms. The van der Waals surface area contributed by atoms with E-state index in [1.807, 2.05) is 48.9 Å². The van der Waals surface area contributed by atoms with Crippen LogP contribution in [0.3, 0.4) is 0 Å². The molecule has 0 fully saturated rings. The van der Waals surface area contributed by atoms with E-state index in [-0.39, 0.29) is 18.1 Å². The Morgan fingerprint density at radius 3 is 2.58 bits per heavy atom. The zero-order valence-electron chi connectivity index (χ0n) is 13.7. The second kappa shape index (κ2) is 6.11. The maximum Gasteiger partial charge on any atom is 0.326 e. The summed E-state index contributed by atoms with van der Waals surface area (Å²) >= 11 is 0. The Balaban J connectivity index is 1.64. The maximum atomic E-state index is 12.4. The van der Waals surface area contributed by atoms with Gasteiger partial charge < -0.3 is 15.0 Å². The Kier molecular flexibility index (Phi) is 4.13. The molecule has 1 amide bonds. The molecular weight excluding hydrogens is 308 g/mol. The molecule has 0 saturated heterocycles. The van der Waals surface area contributed by atoms with Gasteiger partial charge in [-0.05, 0) is 18.4 Å². The highest BCUT2D eigenvalue weighted by Crippen LogP contribution is 2.41. The lowest BCUT2D eigenvalue weighted by atomic mass is 9.98. The molecule has 2 aromatic rings. The van der Waals surface area contributed by atoms with Crippen LogP contribution in [0.25, 0.3) is 10.9 Å². The summed E-state index contributed by atoms with van der Waals surface area (Å²) in [5, 5.41) is 12.7. The van der Waals surface area contributed by atoms with Crippen molar-refractivity contribution in [1.82, 2.24) is 9.88 Å². The molecule has 1 aromatic carbocycles. The van der Waals surface area contributed by atoms with Gasteiger partial charge in [0.2, 0.25) is 5.91 Å². The molecule has 6 nitrogen and oxygen atoms in total. The summed E-state index contributed by atoms with van der Waals surface area (Å²) in [6.45, 7) is 3.77. The first-order chi connectivity index (χ1) is 11.4. The third-order valence-electron chi connectivity index (χ3n) is 4.32. The standard InChI is InChI=1S/C18H20N2O4/c1-10(2)7-13(18(23)24)19-16(22)8-15(21)17-12-9-20(17)14-6-4-3-5-11(12)14/h3-6,9-10,13,17H,7-8H2,1-2H3,(H,19,22)(H,23,24). The number of ketones is 1. The quantitative estimate of drug-likeness (QED) is 0.762. The van der Waals surface area contributed by atoms with E-state index in [2.05, 4.69) is 5.32 Å². The molecule has 2 aliphatic rings. The van der Waals surface area contributed by atoms with Crippen LogP contribution in [0.4, 0.5) is 0 Å². The van der Waals surface area contributed by atoms with Gasteiger partial charge in [-0.2, -0.15) is 0 Å². The lowest BCUT2D eigenvalue weighted by Gasteiger charge is -2.23. The smallest absolute Gasteiger partial charge is 0.326 e. The van der Waals surface area contributed by atoms with Crippen molar-refractivity contribution >= 4 is 28.6 Å². The summed E-state index contributed by atoms with van der Waals surface area (Å²) in [6, 6.07) is 6.35. The highest BCUT2D eigenvalue weighted by Gasteiger charge is 2.36. The van der Waals surface area contributed by atoms with Gasteiger partial charge >= 0.3 is 5.97 Å². The first-order valence-corrected chi connectivity index (χ1v) is 8.03. The van der Waals surface area contributed by atoms with Gasteiger partial charge in [0.15, 0.2) is 5.78 Å². The molecule has 3 heterocycles. The average Bonchev–Trinajstić information content (AvgIpc) is 2.98. The molecule has 2 unspecified atom stereocenters. The van der Waals surface area contributed by atoms with E-state index >= 15 is 0 Å². The van der Waals surface area contributed by atoms with Crippen molar-refractivity contribution in [3.05, 3.63) is 36.0 Å². The number of carbonyl (C=O) groups excluding carboxylic acids is 2. The SMILES string of the molecule is CC(C)CC(NC(=O)CC(=O)C1c2cn1c1ccccc21)C(=O)O. The van der Waals surface area contributed by atoms with Gasteiger partial charge in [0.1, 0.15) is 12.1 Å². The van der Waals surface area contributed by atoms with Crippen LogP contribution in [0.2, 0.25) is 0 Å². The van der Waals surface area contributed by atoms with Gasteiger partial charge in [0.05, 0.1) is 6.42 Å². The molecule has 24 heavy (non-hydrogen) atoms. The number of para-hydroxylation sites is 1. The number of rotatable bonds is 7. The van der Waals surface area contributed by atoms with Crippen LogP contribution in [0.15, 0.2) is 30.5 Å². The first kappa shape index (κ1) is 16.2. The molecule has 4 rings (SSSR count). The molecule has 2 N–H and O–H groups in total. The number of amides is 1. The Bertz CT molecular complexity index is 784. The van der Waals surface area contributed by atoms with Crippen molar-refractivity contribution in [2.75, 3.05) is 0 Å². The predicted molar refractivity (Wildman–Crippen MR) is 88.7 cm³/mol. The van der Waals surface area contributed by atoms with Crippen molar-refractivity contribution in [2.24, 2.45) is 5.92 Å².